The Hall–Kier alpha value is -0.890. The molecule has 2 heteroatoms. The molecule has 1 aromatic heterocycles. The van der Waals surface area contributed by atoms with E-state index in [0.29, 0.717) is 11.8 Å². The minimum atomic E-state index is 0.654. The Morgan fingerprint density at radius 2 is 2.45 bits per heavy atom. The van der Waals surface area contributed by atoms with Crippen molar-refractivity contribution in [1.29, 1.82) is 0 Å². The second-order valence-corrected chi connectivity index (χ2v) is 3.09. The number of nitrogens with two attached hydrogens (primary N) is 1. The molecule has 11 heavy (non-hydrogen) atoms. The maximum absolute atomic E-state index is 5.53. The van der Waals surface area contributed by atoms with Gasteiger partial charge < -0.3 is 5.73 Å². The minimum absolute atomic E-state index is 0.654. The maximum Gasteiger partial charge on any atom is 0.0437 e. The van der Waals surface area contributed by atoms with Gasteiger partial charge >= 0.3 is 0 Å². The third-order valence-corrected chi connectivity index (χ3v) is 2.29. The fourth-order valence-electron chi connectivity index (χ4n) is 1.47. The first-order valence-electron chi connectivity index (χ1n) is 4.03. The van der Waals surface area contributed by atoms with E-state index in [1.165, 1.54) is 12.1 Å². The fourth-order valence-corrected chi connectivity index (χ4v) is 1.47. The van der Waals surface area contributed by atoms with E-state index in [1.54, 1.807) is 0 Å². The van der Waals surface area contributed by atoms with Crippen molar-refractivity contribution in [2.75, 3.05) is 6.54 Å². The zero-order chi connectivity index (χ0) is 7.68. The molecule has 2 rings (SSSR count). The molecule has 2 nitrogen and oxygen atoms in total. The highest BCUT2D eigenvalue weighted by atomic mass is 14.7. The Morgan fingerprint density at radius 1 is 1.55 bits per heavy atom. The van der Waals surface area contributed by atoms with Crippen LogP contribution in [0.4, 0.5) is 0 Å². The molecule has 0 amide bonds. The standard InChI is InChI=1S/C9H12N2/c10-6-7-5-8(7)9-3-1-2-4-11-9/h1-4,7-8H,5-6,10H2/t7-,8+/m0/s1. The van der Waals surface area contributed by atoms with Crippen molar-refractivity contribution < 1.29 is 0 Å². The number of nitrogens with zero attached hydrogens (tertiary/aromatic N) is 1. The van der Waals surface area contributed by atoms with Gasteiger partial charge in [0.15, 0.2) is 0 Å². The van der Waals surface area contributed by atoms with Gasteiger partial charge in [-0.3, -0.25) is 4.98 Å². The summed E-state index contributed by atoms with van der Waals surface area (Å²) in [6.07, 6.45) is 3.08. The molecule has 2 N–H and O–H groups in total. The molecule has 2 atom stereocenters. The number of hydrogen-bond donors (Lipinski definition) is 1. The zero-order valence-corrected chi connectivity index (χ0v) is 6.40. The third kappa shape index (κ3) is 1.26. The summed E-state index contributed by atoms with van der Waals surface area (Å²) in [6.45, 7) is 0.807. The Kier molecular flexibility index (Phi) is 1.62. The average Bonchev–Trinajstić information content (AvgIpc) is 2.85. The van der Waals surface area contributed by atoms with E-state index in [0.717, 1.165) is 6.54 Å². The highest BCUT2D eigenvalue weighted by molar-refractivity contribution is 5.17. The predicted octanol–water partition coefficient (Wildman–Crippen LogP) is 1.14. The quantitative estimate of drug-likeness (QED) is 0.683. The molecule has 0 spiro atoms. The van der Waals surface area contributed by atoms with Crippen molar-refractivity contribution in [3.8, 4) is 0 Å². The van der Waals surface area contributed by atoms with Gasteiger partial charge in [0.1, 0.15) is 0 Å². The summed E-state index contributed by atoms with van der Waals surface area (Å²) in [7, 11) is 0. The molecule has 0 unspecified atom stereocenters. The lowest BCUT2D eigenvalue weighted by Crippen LogP contribution is -2.02. The van der Waals surface area contributed by atoms with Crippen LogP contribution in [0, 0.1) is 5.92 Å². The van der Waals surface area contributed by atoms with E-state index in [4.69, 9.17) is 5.73 Å². The summed E-state index contributed by atoms with van der Waals surface area (Å²) in [6, 6.07) is 6.07. The van der Waals surface area contributed by atoms with Gasteiger partial charge in [0.2, 0.25) is 0 Å². The van der Waals surface area contributed by atoms with Crippen LogP contribution in [0.2, 0.25) is 0 Å². The number of aromatic nitrogens is 1. The lowest BCUT2D eigenvalue weighted by atomic mass is 10.2. The van der Waals surface area contributed by atoms with Crippen LogP contribution in [0.25, 0.3) is 0 Å². The molecular weight excluding hydrogens is 136 g/mol. The maximum atomic E-state index is 5.53. The first-order valence-corrected chi connectivity index (χ1v) is 4.03. The van der Waals surface area contributed by atoms with E-state index < -0.39 is 0 Å². The normalized spacial score (nSPS) is 28.5. The van der Waals surface area contributed by atoms with Crippen molar-refractivity contribution >= 4 is 0 Å². The molecule has 1 heterocycles. The third-order valence-electron chi connectivity index (χ3n) is 2.29. The van der Waals surface area contributed by atoms with E-state index in [1.807, 2.05) is 18.3 Å². The summed E-state index contributed by atoms with van der Waals surface area (Å²) >= 11 is 0. The number of hydrogen-bond acceptors (Lipinski definition) is 2. The summed E-state index contributed by atoms with van der Waals surface area (Å²) in [5, 5.41) is 0. The lowest BCUT2D eigenvalue weighted by Gasteiger charge is -1.95. The van der Waals surface area contributed by atoms with Crippen LogP contribution in [0.5, 0.6) is 0 Å². The molecule has 1 aliphatic carbocycles. The molecule has 58 valence electrons. The Bertz CT molecular complexity index is 233. The largest absolute Gasteiger partial charge is 0.330 e. The number of rotatable bonds is 2. The van der Waals surface area contributed by atoms with Gasteiger partial charge in [-0.15, -0.1) is 0 Å². The summed E-state index contributed by atoms with van der Waals surface area (Å²) in [5.41, 5.74) is 6.74. The van der Waals surface area contributed by atoms with Gasteiger partial charge in [-0.05, 0) is 31.0 Å². The molecule has 0 radical (unpaired) electrons. The topological polar surface area (TPSA) is 38.9 Å². The van der Waals surface area contributed by atoms with Crippen LogP contribution in [0.15, 0.2) is 24.4 Å². The molecule has 0 bridgehead atoms. The van der Waals surface area contributed by atoms with E-state index >= 15 is 0 Å². The minimum Gasteiger partial charge on any atom is -0.330 e. The van der Waals surface area contributed by atoms with Crippen LogP contribution in [-0.4, -0.2) is 11.5 Å². The Balaban J connectivity index is 2.09. The summed E-state index contributed by atoms with van der Waals surface area (Å²) < 4.78 is 0. The van der Waals surface area contributed by atoms with Crippen LogP contribution in [0.3, 0.4) is 0 Å². The second kappa shape index (κ2) is 2.62. The van der Waals surface area contributed by atoms with Crippen molar-refractivity contribution in [2.45, 2.75) is 12.3 Å². The van der Waals surface area contributed by atoms with Gasteiger partial charge in [0.05, 0.1) is 0 Å². The molecule has 0 aliphatic heterocycles. The van der Waals surface area contributed by atoms with Crippen molar-refractivity contribution in [1.82, 2.24) is 4.98 Å². The molecular formula is C9H12N2. The van der Waals surface area contributed by atoms with Crippen LogP contribution in [0.1, 0.15) is 18.0 Å². The van der Waals surface area contributed by atoms with Crippen LogP contribution in [-0.2, 0) is 0 Å². The van der Waals surface area contributed by atoms with Gasteiger partial charge in [0.25, 0.3) is 0 Å². The fraction of sp³-hybridized carbons (Fsp3) is 0.444. The van der Waals surface area contributed by atoms with Gasteiger partial charge in [-0.1, -0.05) is 6.07 Å². The van der Waals surface area contributed by atoms with E-state index in [-0.39, 0.29) is 0 Å². The summed E-state index contributed by atoms with van der Waals surface area (Å²) in [5.74, 6) is 1.35. The van der Waals surface area contributed by atoms with Crippen LogP contribution >= 0.6 is 0 Å². The van der Waals surface area contributed by atoms with E-state index in [9.17, 15) is 0 Å². The second-order valence-electron chi connectivity index (χ2n) is 3.09. The van der Waals surface area contributed by atoms with Crippen LogP contribution < -0.4 is 5.73 Å². The van der Waals surface area contributed by atoms with Gasteiger partial charge in [-0.2, -0.15) is 0 Å². The highest BCUT2D eigenvalue weighted by Crippen LogP contribution is 2.45. The highest BCUT2D eigenvalue weighted by Gasteiger charge is 2.37. The molecule has 1 aromatic rings. The molecule has 1 aliphatic rings. The molecule has 1 saturated carbocycles. The van der Waals surface area contributed by atoms with Crippen molar-refractivity contribution in [2.24, 2.45) is 11.7 Å². The smallest absolute Gasteiger partial charge is 0.0437 e. The first-order chi connectivity index (χ1) is 5.42. The van der Waals surface area contributed by atoms with Gasteiger partial charge in [-0.25, -0.2) is 0 Å². The van der Waals surface area contributed by atoms with Gasteiger partial charge in [0, 0.05) is 17.8 Å². The monoisotopic (exact) mass is 148 g/mol. The predicted molar refractivity (Wildman–Crippen MR) is 44.1 cm³/mol. The molecule has 0 aromatic carbocycles. The summed E-state index contributed by atoms with van der Waals surface area (Å²) in [4.78, 5) is 4.28. The first kappa shape index (κ1) is 6.80. The van der Waals surface area contributed by atoms with Crippen molar-refractivity contribution in [3.63, 3.8) is 0 Å². The van der Waals surface area contributed by atoms with E-state index in [2.05, 4.69) is 11.1 Å². The Labute approximate surface area is 66.4 Å². The lowest BCUT2D eigenvalue weighted by molar-refractivity contribution is 0.797. The average molecular weight is 148 g/mol. The zero-order valence-electron chi connectivity index (χ0n) is 6.40. The Morgan fingerprint density at radius 3 is 3.00 bits per heavy atom. The number of pyridine rings is 1. The SMILES string of the molecule is NC[C@@H]1C[C@H]1c1ccccn1. The molecule has 0 saturated heterocycles. The molecule has 1 fully saturated rings. The van der Waals surface area contributed by atoms with Crippen molar-refractivity contribution in [3.05, 3.63) is 30.1 Å².